The van der Waals surface area contributed by atoms with Crippen molar-refractivity contribution in [1.29, 1.82) is 0 Å². The summed E-state index contributed by atoms with van der Waals surface area (Å²) in [6.07, 6.45) is 5.15. The molecule has 19 heavy (non-hydrogen) atoms. The van der Waals surface area contributed by atoms with Crippen molar-refractivity contribution in [2.75, 3.05) is 18.5 Å². The number of hydrogen-bond acceptors (Lipinski definition) is 5. The van der Waals surface area contributed by atoms with Gasteiger partial charge in [-0.15, -0.1) is 0 Å². The molecule has 0 spiro atoms. The molecule has 0 aliphatic heterocycles. The summed E-state index contributed by atoms with van der Waals surface area (Å²) in [5.41, 5.74) is 0.616. The highest BCUT2D eigenvalue weighted by Crippen LogP contribution is 2.32. The molecule has 1 fully saturated rings. The minimum absolute atomic E-state index is 0.120. The molecule has 2 rings (SSSR count). The van der Waals surface area contributed by atoms with Gasteiger partial charge in [-0.3, -0.25) is 0 Å². The van der Waals surface area contributed by atoms with Crippen LogP contribution in [0.5, 0.6) is 5.88 Å². The Kier molecular flexibility index (Phi) is 4.58. The molecular formula is C14H23N3O2. The predicted molar refractivity (Wildman–Crippen MR) is 74.5 cm³/mol. The van der Waals surface area contributed by atoms with E-state index in [2.05, 4.69) is 22.2 Å². The van der Waals surface area contributed by atoms with Gasteiger partial charge in [0.05, 0.1) is 18.8 Å². The zero-order valence-corrected chi connectivity index (χ0v) is 11.8. The molecule has 0 amide bonds. The van der Waals surface area contributed by atoms with E-state index in [4.69, 9.17) is 4.74 Å². The first-order valence-corrected chi connectivity index (χ1v) is 7.05. The van der Waals surface area contributed by atoms with Crippen molar-refractivity contribution >= 4 is 5.95 Å². The molecule has 1 aromatic heterocycles. The van der Waals surface area contributed by atoms with Gasteiger partial charge in [0.1, 0.15) is 0 Å². The third kappa shape index (κ3) is 3.56. The molecule has 1 aromatic rings. The Balaban J connectivity index is 2.12. The van der Waals surface area contributed by atoms with Crippen LogP contribution in [0.2, 0.25) is 0 Å². The number of hydrogen-bond donors (Lipinski definition) is 2. The molecule has 1 saturated carbocycles. The number of rotatable bonds is 6. The first-order chi connectivity index (χ1) is 9.17. The largest absolute Gasteiger partial charge is 0.478 e. The summed E-state index contributed by atoms with van der Waals surface area (Å²) in [6.45, 7) is 4.76. The lowest BCUT2D eigenvalue weighted by Crippen LogP contribution is -2.39. The first kappa shape index (κ1) is 14.1. The summed E-state index contributed by atoms with van der Waals surface area (Å²) >= 11 is 0. The summed E-state index contributed by atoms with van der Waals surface area (Å²) in [5.74, 6) is 1.16. The number of nitrogens with zero attached hydrogens (tertiary/aromatic N) is 2. The molecule has 0 saturated heterocycles. The molecule has 0 unspecified atom stereocenters. The lowest BCUT2D eigenvalue weighted by molar-refractivity contribution is 0.213. The fourth-order valence-electron chi connectivity index (χ4n) is 2.49. The van der Waals surface area contributed by atoms with Crippen molar-refractivity contribution < 1.29 is 9.84 Å². The van der Waals surface area contributed by atoms with Gasteiger partial charge in [-0.25, -0.2) is 4.98 Å². The Labute approximate surface area is 114 Å². The van der Waals surface area contributed by atoms with Crippen molar-refractivity contribution in [3.05, 3.63) is 11.8 Å². The highest BCUT2D eigenvalue weighted by Gasteiger charge is 2.33. The molecular weight excluding hydrogens is 242 g/mol. The highest BCUT2D eigenvalue weighted by molar-refractivity contribution is 5.34. The first-order valence-electron chi connectivity index (χ1n) is 7.05. The van der Waals surface area contributed by atoms with Crippen molar-refractivity contribution in [1.82, 2.24) is 9.97 Å². The molecule has 0 atom stereocenters. The van der Waals surface area contributed by atoms with Crippen molar-refractivity contribution in [3.8, 4) is 5.88 Å². The standard InChI is InChI=1S/C14H23N3O2/c1-3-8-19-12-9-11(2)15-13(16-12)17-14(10-18)6-4-5-7-14/h9,18H,3-8,10H2,1-2H3,(H,15,16,17). The van der Waals surface area contributed by atoms with Crippen LogP contribution in [0.3, 0.4) is 0 Å². The molecule has 0 radical (unpaired) electrons. The SMILES string of the molecule is CCCOc1cc(C)nc(NC2(CO)CCCC2)n1. The van der Waals surface area contributed by atoms with Gasteiger partial charge in [-0.2, -0.15) is 4.98 Å². The van der Waals surface area contributed by atoms with Gasteiger partial charge >= 0.3 is 0 Å². The van der Waals surface area contributed by atoms with Gasteiger partial charge in [0, 0.05) is 11.8 Å². The van der Waals surface area contributed by atoms with Gasteiger partial charge < -0.3 is 15.2 Å². The van der Waals surface area contributed by atoms with E-state index >= 15 is 0 Å². The highest BCUT2D eigenvalue weighted by atomic mass is 16.5. The van der Waals surface area contributed by atoms with Crippen LogP contribution < -0.4 is 10.1 Å². The average molecular weight is 265 g/mol. The van der Waals surface area contributed by atoms with E-state index in [1.807, 2.05) is 13.0 Å². The summed E-state index contributed by atoms with van der Waals surface area (Å²) in [7, 11) is 0. The normalized spacial score (nSPS) is 17.4. The third-order valence-electron chi connectivity index (χ3n) is 3.53. The Morgan fingerprint density at radius 1 is 1.37 bits per heavy atom. The van der Waals surface area contributed by atoms with E-state index in [1.165, 1.54) is 0 Å². The number of aliphatic hydroxyl groups is 1. The zero-order chi connectivity index (χ0) is 13.7. The molecule has 2 N–H and O–H groups in total. The maximum Gasteiger partial charge on any atom is 0.226 e. The van der Waals surface area contributed by atoms with Crippen LogP contribution in [0.15, 0.2) is 6.07 Å². The number of aliphatic hydroxyl groups excluding tert-OH is 1. The maximum atomic E-state index is 9.61. The van der Waals surface area contributed by atoms with Crippen LogP contribution in [-0.2, 0) is 0 Å². The van der Waals surface area contributed by atoms with Crippen LogP contribution in [-0.4, -0.2) is 33.8 Å². The van der Waals surface area contributed by atoms with Gasteiger partial charge in [0.2, 0.25) is 11.8 Å². The Morgan fingerprint density at radius 2 is 2.11 bits per heavy atom. The van der Waals surface area contributed by atoms with Crippen molar-refractivity contribution in [3.63, 3.8) is 0 Å². The Morgan fingerprint density at radius 3 is 2.74 bits per heavy atom. The smallest absolute Gasteiger partial charge is 0.226 e. The lowest BCUT2D eigenvalue weighted by atomic mass is 9.99. The van der Waals surface area contributed by atoms with E-state index in [-0.39, 0.29) is 12.1 Å². The second-order valence-corrected chi connectivity index (χ2v) is 5.29. The van der Waals surface area contributed by atoms with Gasteiger partial charge in [0.25, 0.3) is 0 Å². The molecule has 0 aromatic carbocycles. The number of aryl methyl sites for hydroxylation is 1. The monoisotopic (exact) mass is 265 g/mol. The van der Waals surface area contributed by atoms with Crippen LogP contribution in [0, 0.1) is 6.92 Å². The molecule has 1 aliphatic rings. The lowest BCUT2D eigenvalue weighted by Gasteiger charge is -2.28. The van der Waals surface area contributed by atoms with Gasteiger partial charge in [-0.1, -0.05) is 19.8 Å². The van der Waals surface area contributed by atoms with E-state index in [9.17, 15) is 5.11 Å². The molecule has 0 bridgehead atoms. The molecule has 5 heteroatoms. The molecule has 5 nitrogen and oxygen atoms in total. The number of anilines is 1. The Bertz CT molecular complexity index is 417. The van der Waals surface area contributed by atoms with E-state index < -0.39 is 0 Å². The fraction of sp³-hybridized carbons (Fsp3) is 0.714. The summed E-state index contributed by atoms with van der Waals surface area (Å²) in [4.78, 5) is 8.76. The number of nitrogens with one attached hydrogen (secondary N) is 1. The van der Waals surface area contributed by atoms with Gasteiger partial charge in [-0.05, 0) is 26.2 Å². The van der Waals surface area contributed by atoms with E-state index in [0.717, 1.165) is 37.8 Å². The minimum atomic E-state index is -0.254. The van der Waals surface area contributed by atoms with Crippen LogP contribution in [0.1, 0.15) is 44.7 Å². The third-order valence-corrected chi connectivity index (χ3v) is 3.53. The summed E-state index contributed by atoms with van der Waals surface area (Å²) in [5, 5.41) is 12.9. The number of aromatic nitrogens is 2. The second kappa shape index (κ2) is 6.19. The predicted octanol–water partition coefficient (Wildman–Crippen LogP) is 2.29. The summed E-state index contributed by atoms with van der Waals surface area (Å²) < 4.78 is 5.55. The minimum Gasteiger partial charge on any atom is -0.478 e. The summed E-state index contributed by atoms with van der Waals surface area (Å²) in [6, 6.07) is 1.83. The second-order valence-electron chi connectivity index (χ2n) is 5.29. The topological polar surface area (TPSA) is 67.3 Å². The van der Waals surface area contributed by atoms with Crippen LogP contribution >= 0.6 is 0 Å². The number of ether oxygens (including phenoxy) is 1. The molecule has 106 valence electrons. The quantitative estimate of drug-likeness (QED) is 0.826. The van der Waals surface area contributed by atoms with Gasteiger partial charge in [0.15, 0.2) is 0 Å². The van der Waals surface area contributed by atoms with Crippen LogP contribution in [0.4, 0.5) is 5.95 Å². The zero-order valence-electron chi connectivity index (χ0n) is 11.8. The van der Waals surface area contributed by atoms with E-state index in [0.29, 0.717) is 18.4 Å². The average Bonchev–Trinajstić information content (AvgIpc) is 2.85. The van der Waals surface area contributed by atoms with Crippen molar-refractivity contribution in [2.45, 2.75) is 51.5 Å². The van der Waals surface area contributed by atoms with Crippen molar-refractivity contribution in [2.24, 2.45) is 0 Å². The van der Waals surface area contributed by atoms with Crippen LogP contribution in [0.25, 0.3) is 0 Å². The van der Waals surface area contributed by atoms with E-state index in [1.54, 1.807) is 0 Å². The fourth-order valence-corrected chi connectivity index (χ4v) is 2.49. The Hall–Kier alpha value is -1.36. The molecule has 1 heterocycles. The molecule has 1 aliphatic carbocycles. The maximum absolute atomic E-state index is 9.61.